The Bertz CT molecular complexity index is 984. The average molecular weight is 451 g/mol. The molecule has 12 heteroatoms. The van der Waals surface area contributed by atoms with Gasteiger partial charge in [-0.3, -0.25) is 10.1 Å². The lowest BCUT2D eigenvalue weighted by atomic mass is 10.0. The molecule has 7 nitrogen and oxygen atoms in total. The van der Waals surface area contributed by atoms with Gasteiger partial charge in [0, 0.05) is 18.7 Å². The molecule has 0 aliphatic carbocycles. The fourth-order valence-corrected chi connectivity index (χ4v) is 5.58. The Kier molecular flexibility index (Phi) is 6.28. The number of hydrogen-bond donors (Lipinski definition) is 1. The van der Waals surface area contributed by atoms with Gasteiger partial charge in [-0.2, -0.15) is 4.31 Å². The average Bonchev–Trinajstić information content (AvgIpc) is 3.10. The molecule has 1 aromatic carbocycles. The van der Waals surface area contributed by atoms with Gasteiger partial charge in [-0.15, -0.1) is 10.2 Å². The second-order valence-corrected chi connectivity index (χ2v) is 9.78. The summed E-state index contributed by atoms with van der Waals surface area (Å²) in [7, 11) is -3.86. The van der Waals surface area contributed by atoms with Gasteiger partial charge in [0.05, 0.1) is 5.02 Å². The molecule has 1 aliphatic rings. The maximum Gasteiger partial charge on any atom is 0.291 e. The van der Waals surface area contributed by atoms with Gasteiger partial charge in [0.15, 0.2) is 5.01 Å². The number of carbonyl (C=O) groups excluding carboxylic acids is 1. The predicted octanol–water partition coefficient (Wildman–Crippen LogP) is 3.80. The molecule has 0 bridgehead atoms. The zero-order valence-corrected chi connectivity index (χ0v) is 17.1. The number of aromatic nitrogens is 2. The van der Waals surface area contributed by atoms with E-state index in [4.69, 9.17) is 11.6 Å². The van der Waals surface area contributed by atoms with Crippen molar-refractivity contribution < 1.29 is 22.0 Å². The van der Waals surface area contributed by atoms with Crippen molar-refractivity contribution in [2.24, 2.45) is 5.92 Å². The van der Waals surface area contributed by atoms with Crippen LogP contribution < -0.4 is 5.32 Å². The third-order valence-corrected chi connectivity index (χ3v) is 7.47. The molecule has 1 aliphatic heterocycles. The normalized spacial score (nSPS) is 18.4. The van der Waals surface area contributed by atoms with Crippen LogP contribution in [-0.4, -0.2) is 41.9 Å². The van der Waals surface area contributed by atoms with Crippen molar-refractivity contribution in [2.45, 2.75) is 31.1 Å². The Morgan fingerprint density at radius 2 is 2.14 bits per heavy atom. The third kappa shape index (κ3) is 4.48. The summed E-state index contributed by atoms with van der Waals surface area (Å²) in [5.41, 5.74) is 0.0156. The molecule has 28 heavy (non-hydrogen) atoms. The molecule has 1 atom stereocenters. The lowest BCUT2D eigenvalue weighted by Gasteiger charge is -2.30. The van der Waals surface area contributed by atoms with Crippen LogP contribution in [-0.2, 0) is 10.0 Å². The lowest BCUT2D eigenvalue weighted by Crippen LogP contribution is -2.39. The van der Waals surface area contributed by atoms with E-state index < -0.39 is 27.4 Å². The topological polar surface area (TPSA) is 92.3 Å². The van der Waals surface area contributed by atoms with Gasteiger partial charge in [-0.1, -0.05) is 29.9 Å². The molecule has 1 saturated heterocycles. The summed E-state index contributed by atoms with van der Waals surface area (Å²) in [6, 6.07) is 3.85. The smallest absolute Gasteiger partial charge is 0.291 e. The highest BCUT2D eigenvalue weighted by molar-refractivity contribution is 7.89. The number of nitrogens with one attached hydrogen (secondary N) is 1. The monoisotopic (exact) mass is 450 g/mol. The number of piperidine rings is 1. The highest BCUT2D eigenvalue weighted by atomic mass is 35.5. The van der Waals surface area contributed by atoms with Crippen LogP contribution in [0.4, 0.5) is 13.9 Å². The van der Waals surface area contributed by atoms with Crippen LogP contribution in [0, 0.1) is 5.92 Å². The molecule has 1 N–H and O–H groups in total. The number of nitrogens with zero attached hydrogens (tertiary/aromatic N) is 3. The van der Waals surface area contributed by atoms with E-state index in [0.717, 1.165) is 12.8 Å². The first kappa shape index (κ1) is 21.0. The van der Waals surface area contributed by atoms with Crippen LogP contribution in [0.3, 0.4) is 0 Å². The zero-order valence-electron chi connectivity index (χ0n) is 14.7. The number of alkyl halides is 2. The summed E-state index contributed by atoms with van der Waals surface area (Å²) in [5.74, 6) is -0.465. The molecule has 0 saturated carbocycles. The van der Waals surface area contributed by atoms with Gasteiger partial charge >= 0.3 is 0 Å². The highest BCUT2D eigenvalue weighted by Crippen LogP contribution is 2.30. The number of carbonyl (C=O) groups is 1. The minimum Gasteiger partial charge on any atom is -0.296 e. The predicted molar refractivity (Wildman–Crippen MR) is 101 cm³/mol. The van der Waals surface area contributed by atoms with E-state index in [1.54, 1.807) is 0 Å². The Labute approximate surface area is 169 Å². The first-order valence-electron chi connectivity index (χ1n) is 8.41. The van der Waals surface area contributed by atoms with E-state index in [1.807, 2.05) is 6.92 Å². The molecule has 0 spiro atoms. The zero-order chi connectivity index (χ0) is 20.5. The van der Waals surface area contributed by atoms with Crippen LogP contribution in [0.2, 0.25) is 5.02 Å². The number of anilines is 1. The van der Waals surface area contributed by atoms with Gasteiger partial charge in [-0.25, -0.2) is 17.2 Å². The van der Waals surface area contributed by atoms with Crippen molar-refractivity contribution >= 4 is 44.0 Å². The number of amides is 1. The van der Waals surface area contributed by atoms with Crippen molar-refractivity contribution in [2.75, 3.05) is 18.4 Å². The molecule has 1 aromatic heterocycles. The standard InChI is InChI=1S/C16H17ClF2N4O3S2/c1-9-3-2-6-23(8-9)28(25,26)12-7-10(4-5-11(12)17)14(24)20-16-22-21-15(27-16)13(18)19/h4-5,7,9,13H,2-3,6,8H2,1H3,(H,20,22,24). The first-order valence-corrected chi connectivity index (χ1v) is 11.0. The fourth-order valence-electron chi connectivity index (χ4n) is 2.89. The Morgan fingerprint density at radius 1 is 1.39 bits per heavy atom. The lowest BCUT2D eigenvalue weighted by molar-refractivity contribution is 0.102. The number of rotatable bonds is 5. The SMILES string of the molecule is CC1CCCN(S(=O)(=O)c2cc(C(=O)Nc3nnc(C(F)F)s3)ccc2Cl)C1. The molecule has 1 unspecified atom stereocenters. The number of hydrogen-bond acceptors (Lipinski definition) is 6. The molecule has 1 fully saturated rings. The molecule has 2 heterocycles. The highest BCUT2D eigenvalue weighted by Gasteiger charge is 2.31. The van der Waals surface area contributed by atoms with E-state index >= 15 is 0 Å². The van der Waals surface area contributed by atoms with Crippen molar-refractivity contribution in [3.8, 4) is 0 Å². The Balaban J connectivity index is 1.85. The van der Waals surface area contributed by atoms with Gasteiger partial charge in [0.25, 0.3) is 12.3 Å². The summed E-state index contributed by atoms with van der Waals surface area (Å²) >= 11 is 6.64. The largest absolute Gasteiger partial charge is 0.296 e. The molecular formula is C16H17ClF2N4O3S2. The quantitative estimate of drug-likeness (QED) is 0.747. The van der Waals surface area contributed by atoms with Gasteiger partial charge in [0.1, 0.15) is 4.90 Å². The van der Waals surface area contributed by atoms with E-state index in [9.17, 15) is 22.0 Å². The van der Waals surface area contributed by atoms with Crippen molar-refractivity contribution in [1.82, 2.24) is 14.5 Å². The number of benzene rings is 1. The van der Waals surface area contributed by atoms with Crippen LogP contribution in [0.5, 0.6) is 0 Å². The first-order chi connectivity index (χ1) is 13.2. The minimum absolute atomic E-state index is 0.00526. The Morgan fingerprint density at radius 3 is 2.79 bits per heavy atom. The summed E-state index contributed by atoms with van der Waals surface area (Å²) < 4.78 is 52.5. The summed E-state index contributed by atoms with van der Waals surface area (Å²) in [6.45, 7) is 2.75. The maximum atomic E-state index is 13.0. The van der Waals surface area contributed by atoms with Crippen LogP contribution >= 0.6 is 22.9 Å². The van der Waals surface area contributed by atoms with Crippen molar-refractivity contribution in [1.29, 1.82) is 0 Å². The van der Waals surface area contributed by atoms with E-state index in [1.165, 1.54) is 22.5 Å². The van der Waals surface area contributed by atoms with Gasteiger partial charge in [0.2, 0.25) is 15.2 Å². The van der Waals surface area contributed by atoms with Gasteiger partial charge in [-0.05, 0) is 37.0 Å². The summed E-state index contributed by atoms with van der Waals surface area (Å²) in [5, 5.41) is 8.48. The van der Waals surface area contributed by atoms with Crippen LogP contribution in [0.25, 0.3) is 0 Å². The van der Waals surface area contributed by atoms with Crippen molar-refractivity contribution in [3.63, 3.8) is 0 Å². The minimum atomic E-state index is -3.86. The summed E-state index contributed by atoms with van der Waals surface area (Å²) in [6.07, 6.45) is -1.09. The third-order valence-electron chi connectivity index (χ3n) is 4.28. The summed E-state index contributed by atoms with van der Waals surface area (Å²) in [4.78, 5) is 12.2. The number of sulfonamides is 1. The molecule has 0 radical (unpaired) electrons. The second kappa shape index (κ2) is 8.36. The molecule has 3 rings (SSSR count). The fraction of sp³-hybridized carbons (Fsp3) is 0.438. The van der Waals surface area contributed by atoms with E-state index in [0.29, 0.717) is 24.4 Å². The van der Waals surface area contributed by atoms with Gasteiger partial charge < -0.3 is 0 Å². The Hall–Kier alpha value is -1.69. The molecule has 152 valence electrons. The molecular weight excluding hydrogens is 434 g/mol. The molecule has 1 amide bonds. The number of halogens is 3. The van der Waals surface area contributed by atoms with Crippen LogP contribution in [0.15, 0.2) is 23.1 Å². The second-order valence-electron chi connectivity index (χ2n) is 6.46. The van der Waals surface area contributed by atoms with E-state index in [2.05, 4.69) is 15.5 Å². The maximum absolute atomic E-state index is 13.0. The molecule has 2 aromatic rings. The van der Waals surface area contributed by atoms with Crippen LogP contribution in [0.1, 0.15) is 41.6 Å². The van der Waals surface area contributed by atoms with Crippen molar-refractivity contribution in [3.05, 3.63) is 33.8 Å². The van der Waals surface area contributed by atoms with E-state index in [-0.39, 0.29) is 26.5 Å².